The lowest BCUT2D eigenvalue weighted by atomic mass is 9.86. The summed E-state index contributed by atoms with van der Waals surface area (Å²) >= 11 is 3.16. The van der Waals surface area contributed by atoms with Gasteiger partial charge < -0.3 is 11.1 Å². The Morgan fingerprint density at radius 3 is 2.50 bits per heavy atom. The van der Waals surface area contributed by atoms with Gasteiger partial charge in [-0.2, -0.15) is 0 Å². The lowest BCUT2D eigenvalue weighted by Gasteiger charge is -2.30. The predicted octanol–water partition coefficient (Wildman–Crippen LogP) is 2.46. The largest absolute Gasteiger partial charge is 0.348 e. The van der Waals surface area contributed by atoms with E-state index in [-0.39, 0.29) is 28.6 Å². The number of hydrogen-bond acceptors (Lipinski definition) is 4. The summed E-state index contributed by atoms with van der Waals surface area (Å²) in [6.07, 6.45) is 0. The summed E-state index contributed by atoms with van der Waals surface area (Å²) in [6.45, 7) is 6.20. The van der Waals surface area contributed by atoms with Crippen molar-refractivity contribution in [3.63, 3.8) is 0 Å². The van der Waals surface area contributed by atoms with Crippen LogP contribution in [0, 0.1) is 15.5 Å². The Hall–Kier alpha value is -1.47. The van der Waals surface area contributed by atoms with Crippen LogP contribution in [0.4, 0.5) is 5.69 Å². The number of rotatable bonds is 4. The second-order valence-electron chi connectivity index (χ2n) is 5.58. The van der Waals surface area contributed by atoms with Gasteiger partial charge in [0.25, 0.3) is 11.6 Å². The summed E-state index contributed by atoms with van der Waals surface area (Å²) in [7, 11) is 0. The second kappa shape index (κ2) is 6.32. The number of hydrogen-bond donors (Lipinski definition) is 2. The van der Waals surface area contributed by atoms with Crippen molar-refractivity contribution in [3.05, 3.63) is 38.3 Å². The van der Waals surface area contributed by atoms with Crippen LogP contribution in [0.2, 0.25) is 0 Å². The molecule has 1 aromatic carbocycles. The fourth-order valence-electron chi connectivity index (χ4n) is 1.68. The molecule has 0 saturated carbocycles. The van der Waals surface area contributed by atoms with E-state index in [1.165, 1.54) is 12.1 Å². The van der Waals surface area contributed by atoms with Crippen molar-refractivity contribution < 1.29 is 9.72 Å². The lowest BCUT2D eigenvalue weighted by molar-refractivity contribution is -0.385. The quantitative estimate of drug-likeness (QED) is 0.647. The number of halogens is 1. The van der Waals surface area contributed by atoms with Crippen LogP contribution < -0.4 is 11.1 Å². The second-order valence-corrected chi connectivity index (χ2v) is 6.50. The normalized spacial score (nSPS) is 12.8. The van der Waals surface area contributed by atoms with Crippen LogP contribution in [0.1, 0.15) is 31.1 Å². The van der Waals surface area contributed by atoms with E-state index in [0.29, 0.717) is 11.0 Å². The van der Waals surface area contributed by atoms with Crippen molar-refractivity contribution in [3.8, 4) is 0 Å². The summed E-state index contributed by atoms with van der Waals surface area (Å²) in [5.74, 6) is -0.375. The fraction of sp³-hybridized carbons (Fsp3) is 0.462. The van der Waals surface area contributed by atoms with Gasteiger partial charge in [-0.15, -0.1) is 0 Å². The summed E-state index contributed by atoms with van der Waals surface area (Å²) in [4.78, 5) is 22.4. The number of nitro benzene ring substituents is 1. The van der Waals surface area contributed by atoms with Crippen LogP contribution in [0.15, 0.2) is 22.7 Å². The Kier molecular flexibility index (Phi) is 5.24. The Morgan fingerprint density at radius 1 is 1.45 bits per heavy atom. The van der Waals surface area contributed by atoms with Gasteiger partial charge in [-0.1, -0.05) is 36.7 Å². The van der Waals surface area contributed by atoms with Crippen molar-refractivity contribution in [2.75, 3.05) is 6.54 Å². The third-order valence-electron chi connectivity index (χ3n) is 2.94. The van der Waals surface area contributed by atoms with Crippen LogP contribution in [0.25, 0.3) is 0 Å². The van der Waals surface area contributed by atoms with Crippen molar-refractivity contribution in [2.45, 2.75) is 26.8 Å². The van der Waals surface area contributed by atoms with Crippen molar-refractivity contribution in [1.29, 1.82) is 0 Å². The van der Waals surface area contributed by atoms with E-state index in [4.69, 9.17) is 5.73 Å². The Bertz CT molecular complexity index is 526. The molecule has 1 unspecified atom stereocenters. The maximum absolute atomic E-state index is 12.2. The molecule has 20 heavy (non-hydrogen) atoms. The third-order valence-corrected chi connectivity index (χ3v) is 3.40. The first-order valence-electron chi connectivity index (χ1n) is 6.11. The van der Waals surface area contributed by atoms with Crippen LogP contribution in [0.3, 0.4) is 0 Å². The van der Waals surface area contributed by atoms with E-state index in [1.807, 2.05) is 20.8 Å². The number of carbonyl (C=O) groups is 1. The minimum atomic E-state index is -0.536. The molecule has 0 bridgehead atoms. The molecule has 0 saturated heterocycles. The van der Waals surface area contributed by atoms with E-state index in [2.05, 4.69) is 21.2 Å². The summed E-state index contributed by atoms with van der Waals surface area (Å²) in [5.41, 5.74) is 5.56. The maximum atomic E-state index is 12.2. The average Bonchev–Trinajstić information content (AvgIpc) is 2.33. The molecule has 0 radical (unpaired) electrons. The van der Waals surface area contributed by atoms with Crippen molar-refractivity contribution in [1.82, 2.24) is 5.32 Å². The van der Waals surface area contributed by atoms with Gasteiger partial charge in [0, 0.05) is 34.8 Å². The average molecular weight is 344 g/mol. The number of nitrogens with two attached hydrogens (primary N) is 1. The summed E-state index contributed by atoms with van der Waals surface area (Å²) in [6, 6.07) is 3.92. The van der Waals surface area contributed by atoms with Crippen LogP contribution in [-0.2, 0) is 0 Å². The first-order valence-corrected chi connectivity index (χ1v) is 6.90. The molecule has 1 aromatic rings. The first kappa shape index (κ1) is 16.6. The molecule has 0 spiro atoms. The zero-order valence-corrected chi connectivity index (χ0v) is 13.2. The number of nitrogens with zero attached hydrogens (tertiary/aromatic N) is 1. The molecule has 1 amide bonds. The minimum Gasteiger partial charge on any atom is -0.348 e. The van der Waals surface area contributed by atoms with Crippen molar-refractivity contribution >= 4 is 27.5 Å². The van der Waals surface area contributed by atoms with E-state index in [0.717, 1.165) is 0 Å². The number of nitrogens with one attached hydrogen (secondary N) is 1. The number of non-ortho nitro benzene ring substituents is 1. The molecule has 0 fully saturated rings. The fourth-order valence-corrected chi connectivity index (χ4v) is 2.16. The van der Waals surface area contributed by atoms with E-state index < -0.39 is 4.92 Å². The van der Waals surface area contributed by atoms with E-state index in [1.54, 1.807) is 6.07 Å². The highest BCUT2D eigenvalue weighted by Gasteiger charge is 2.25. The van der Waals surface area contributed by atoms with Gasteiger partial charge in [0.15, 0.2) is 0 Å². The molecule has 0 heterocycles. The van der Waals surface area contributed by atoms with Crippen LogP contribution in [0.5, 0.6) is 0 Å². The molecule has 6 nitrogen and oxygen atoms in total. The third kappa shape index (κ3) is 4.28. The molecule has 1 rings (SSSR count). The Morgan fingerprint density at radius 2 is 2.05 bits per heavy atom. The molecule has 1 atom stereocenters. The minimum absolute atomic E-state index is 0.135. The topological polar surface area (TPSA) is 98.3 Å². The Balaban J connectivity index is 3.01. The molecule has 3 N–H and O–H groups in total. The molecular formula is C13H18BrN3O3. The van der Waals surface area contributed by atoms with E-state index >= 15 is 0 Å². The highest BCUT2D eigenvalue weighted by atomic mass is 79.9. The summed E-state index contributed by atoms with van der Waals surface area (Å²) in [5, 5.41) is 13.6. The molecule has 110 valence electrons. The number of amides is 1. The smallest absolute Gasteiger partial charge is 0.271 e. The van der Waals surface area contributed by atoms with Gasteiger partial charge >= 0.3 is 0 Å². The highest BCUT2D eigenvalue weighted by Crippen LogP contribution is 2.23. The zero-order valence-electron chi connectivity index (χ0n) is 11.6. The standard InChI is InChI=1S/C13H18BrN3O3/c1-13(2,3)11(7-15)16-12(18)8-4-9(14)6-10(5-8)17(19)20/h4-6,11H,7,15H2,1-3H3,(H,16,18). The molecule has 0 aliphatic rings. The molecule has 7 heteroatoms. The van der Waals surface area contributed by atoms with Gasteiger partial charge in [-0.3, -0.25) is 14.9 Å². The van der Waals surface area contributed by atoms with Gasteiger partial charge in [-0.25, -0.2) is 0 Å². The molecule has 0 aliphatic heterocycles. The van der Waals surface area contributed by atoms with Crippen LogP contribution in [-0.4, -0.2) is 23.4 Å². The number of carbonyl (C=O) groups excluding carboxylic acids is 1. The molecule has 0 aliphatic carbocycles. The summed E-state index contributed by atoms with van der Waals surface area (Å²) < 4.78 is 0.483. The van der Waals surface area contributed by atoms with Gasteiger partial charge in [0.2, 0.25) is 0 Å². The molecular weight excluding hydrogens is 326 g/mol. The zero-order chi connectivity index (χ0) is 15.5. The lowest BCUT2D eigenvalue weighted by Crippen LogP contribution is -2.48. The molecule has 0 aromatic heterocycles. The number of nitro groups is 1. The van der Waals surface area contributed by atoms with Crippen molar-refractivity contribution in [2.24, 2.45) is 11.1 Å². The predicted molar refractivity (Wildman–Crippen MR) is 80.6 cm³/mol. The SMILES string of the molecule is CC(C)(C)C(CN)NC(=O)c1cc(Br)cc([N+](=O)[O-])c1. The van der Waals surface area contributed by atoms with Gasteiger partial charge in [-0.05, 0) is 11.5 Å². The van der Waals surface area contributed by atoms with Crippen LogP contribution >= 0.6 is 15.9 Å². The van der Waals surface area contributed by atoms with Gasteiger partial charge in [0.1, 0.15) is 0 Å². The van der Waals surface area contributed by atoms with E-state index in [9.17, 15) is 14.9 Å². The first-order chi connectivity index (χ1) is 9.15. The maximum Gasteiger partial charge on any atom is 0.271 e. The highest BCUT2D eigenvalue weighted by molar-refractivity contribution is 9.10. The van der Waals surface area contributed by atoms with Gasteiger partial charge in [0.05, 0.1) is 4.92 Å². The Labute approximate surface area is 126 Å². The monoisotopic (exact) mass is 343 g/mol. The number of benzene rings is 1.